The molecule has 0 unspecified atom stereocenters. The first-order chi connectivity index (χ1) is 17.4. The van der Waals surface area contributed by atoms with E-state index in [4.69, 9.17) is 9.47 Å². The number of piperazine rings is 1. The molecule has 2 aromatic rings. The quantitative estimate of drug-likeness (QED) is 0.320. The second-order valence-electron chi connectivity index (χ2n) is 10.1. The Bertz CT molecular complexity index is 999. The lowest BCUT2D eigenvalue weighted by atomic mass is 10.1. The van der Waals surface area contributed by atoms with Gasteiger partial charge in [-0.1, -0.05) is 37.9 Å². The van der Waals surface area contributed by atoms with E-state index in [-0.39, 0.29) is 5.91 Å². The topological polar surface area (TPSA) is 71.9 Å². The minimum atomic E-state index is -0.132. The third-order valence-electron chi connectivity index (χ3n) is 6.63. The summed E-state index contributed by atoms with van der Waals surface area (Å²) in [5.74, 6) is 3.72. The van der Waals surface area contributed by atoms with Gasteiger partial charge in [-0.15, -0.1) is 0 Å². The van der Waals surface area contributed by atoms with Crippen molar-refractivity contribution in [2.24, 2.45) is 13.0 Å². The molecule has 198 valence electrons. The summed E-state index contributed by atoms with van der Waals surface area (Å²) >= 11 is 1.99. The maximum atomic E-state index is 12.8. The van der Waals surface area contributed by atoms with E-state index in [1.54, 1.807) is 11.8 Å². The van der Waals surface area contributed by atoms with E-state index in [0.29, 0.717) is 30.5 Å². The number of carbonyl (C=O) groups excluding carboxylic acids is 1. The number of benzene rings is 1. The van der Waals surface area contributed by atoms with Crippen LogP contribution in [-0.4, -0.2) is 77.1 Å². The molecule has 1 saturated heterocycles. The molecule has 36 heavy (non-hydrogen) atoms. The normalized spacial score (nSPS) is 16.9. The number of amides is 1. The van der Waals surface area contributed by atoms with E-state index in [1.165, 1.54) is 5.75 Å². The van der Waals surface area contributed by atoms with Crippen LogP contribution in [0.4, 0.5) is 0 Å². The van der Waals surface area contributed by atoms with E-state index >= 15 is 0 Å². The molecule has 0 atom stereocenters. The Labute approximate surface area is 219 Å². The SMILES string of the molecule is COc1c(CNC(=O)c2cc(C3CC3)nn2C)cccc1OCCCN1CCN(SCC(C)C)CC1. The van der Waals surface area contributed by atoms with Crippen LogP contribution in [0.15, 0.2) is 24.3 Å². The average Bonchev–Trinajstić information content (AvgIpc) is 3.66. The molecular formula is C27H41N5O3S. The highest BCUT2D eigenvalue weighted by molar-refractivity contribution is 7.97. The molecule has 4 rings (SSSR count). The molecule has 9 heteroatoms. The van der Waals surface area contributed by atoms with Gasteiger partial charge in [0.15, 0.2) is 11.5 Å². The zero-order chi connectivity index (χ0) is 25.5. The summed E-state index contributed by atoms with van der Waals surface area (Å²) in [5.41, 5.74) is 2.49. The van der Waals surface area contributed by atoms with Crippen LogP contribution < -0.4 is 14.8 Å². The lowest BCUT2D eigenvalue weighted by Gasteiger charge is -2.34. The molecular weight excluding hydrogens is 474 g/mol. The fourth-order valence-corrected chi connectivity index (χ4v) is 5.33. The van der Waals surface area contributed by atoms with E-state index in [0.717, 1.165) is 74.9 Å². The van der Waals surface area contributed by atoms with E-state index in [9.17, 15) is 4.79 Å². The number of aromatic nitrogens is 2. The van der Waals surface area contributed by atoms with Crippen molar-refractivity contribution in [1.29, 1.82) is 0 Å². The zero-order valence-corrected chi connectivity index (χ0v) is 23.0. The lowest BCUT2D eigenvalue weighted by molar-refractivity contribution is 0.0941. The highest BCUT2D eigenvalue weighted by Crippen LogP contribution is 2.39. The Morgan fingerprint density at radius 1 is 1.22 bits per heavy atom. The summed E-state index contributed by atoms with van der Waals surface area (Å²) in [5, 5.41) is 7.51. The molecule has 1 aliphatic heterocycles. The van der Waals surface area contributed by atoms with E-state index < -0.39 is 0 Å². The number of ether oxygens (including phenoxy) is 2. The van der Waals surface area contributed by atoms with Gasteiger partial charge in [0.25, 0.3) is 5.91 Å². The molecule has 1 amide bonds. The molecule has 0 radical (unpaired) electrons. The molecule has 1 aliphatic carbocycles. The van der Waals surface area contributed by atoms with Crippen LogP contribution >= 0.6 is 11.9 Å². The highest BCUT2D eigenvalue weighted by atomic mass is 32.2. The number of para-hydroxylation sites is 1. The van der Waals surface area contributed by atoms with Gasteiger partial charge in [-0.2, -0.15) is 5.10 Å². The van der Waals surface area contributed by atoms with E-state index in [1.807, 2.05) is 43.3 Å². The molecule has 0 bridgehead atoms. The van der Waals surface area contributed by atoms with Gasteiger partial charge in [0.05, 0.1) is 19.4 Å². The summed E-state index contributed by atoms with van der Waals surface area (Å²) in [7, 11) is 3.47. The van der Waals surface area contributed by atoms with Crippen LogP contribution in [0.3, 0.4) is 0 Å². The van der Waals surface area contributed by atoms with Crippen molar-refractivity contribution in [3.63, 3.8) is 0 Å². The molecule has 1 aromatic carbocycles. The Balaban J connectivity index is 1.22. The van der Waals surface area contributed by atoms with Crippen molar-refractivity contribution in [1.82, 2.24) is 24.3 Å². The van der Waals surface area contributed by atoms with Crippen molar-refractivity contribution in [3.8, 4) is 11.5 Å². The molecule has 2 heterocycles. The fourth-order valence-electron chi connectivity index (χ4n) is 4.40. The van der Waals surface area contributed by atoms with E-state index in [2.05, 4.69) is 33.5 Å². The van der Waals surface area contributed by atoms with Crippen molar-refractivity contribution in [3.05, 3.63) is 41.2 Å². The number of carbonyl (C=O) groups is 1. The molecule has 2 fully saturated rings. The summed E-state index contributed by atoms with van der Waals surface area (Å²) in [6.07, 6.45) is 3.29. The van der Waals surface area contributed by atoms with Crippen molar-refractivity contribution >= 4 is 17.9 Å². The number of methoxy groups -OCH3 is 1. The Hall–Kier alpha value is -2.23. The molecule has 1 aromatic heterocycles. The van der Waals surface area contributed by atoms with Gasteiger partial charge in [0.2, 0.25) is 0 Å². The molecule has 1 saturated carbocycles. The first-order valence-electron chi connectivity index (χ1n) is 13.2. The van der Waals surface area contributed by atoms with Crippen LogP contribution in [-0.2, 0) is 13.6 Å². The number of nitrogens with one attached hydrogen (secondary N) is 1. The van der Waals surface area contributed by atoms with Crippen molar-refractivity contribution in [2.75, 3.05) is 52.2 Å². The number of rotatable bonds is 13. The van der Waals surface area contributed by atoms with Crippen LogP contribution in [0.2, 0.25) is 0 Å². The van der Waals surface area contributed by atoms with Gasteiger partial charge in [0, 0.05) is 63.6 Å². The summed E-state index contributed by atoms with van der Waals surface area (Å²) in [4.78, 5) is 15.3. The number of hydrogen-bond donors (Lipinski definition) is 1. The summed E-state index contributed by atoms with van der Waals surface area (Å²) in [6, 6.07) is 7.75. The zero-order valence-electron chi connectivity index (χ0n) is 22.2. The summed E-state index contributed by atoms with van der Waals surface area (Å²) < 4.78 is 15.9. The van der Waals surface area contributed by atoms with Gasteiger partial charge in [0.1, 0.15) is 5.69 Å². The Morgan fingerprint density at radius 3 is 2.69 bits per heavy atom. The second-order valence-corrected chi connectivity index (χ2v) is 11.3. The standard InChI is InChI=1S/C27H41N5O3S/c1-20(2)19-36-32-14-12-31(13-15-32)11-6-16-35-25-8-5-7-22(26(25)34-4)18-28-27(33)24-17-23(21-9-10-21)29-30(24)3/h5,7-8,17,20-21H,6,9-16,18-19H2,1-4H3,(H,28,33). The Kier molecular flexibility index (Phi) is 9.56. The molecule has 1 N–H and O–H groups in total. The largest absolute Gasteiger partial charge is 0.493 e. The van der Waals surface area contributed by atoms with Crippen LogP contribution in [0.25, 0.3) is 0 Å². The maximum Gasteiger partial charge on any atom is 0.269 e. The van der Waals surface area contributed by atoms with Gasteiger partial charge in [-0.3, -0.25) is 9.48 Å². The number of hydrogen-bond acceptors (Lipinski definition) is 7. The minimum absolute atomic E-state index is 0.132. The van der Waals surface area contributed by atoms with Gasteiger partial charge in [-0.25, -0.2) is 4.31 Å². The molecule has 0 spiro atoms. The van der Waals surface area contributed by atoms with Crippen LogP contribution in [0.5, 0.6) is 11.5 Å². The van der Waals surface area contributed by atoms with Gasteiger partial charge < -0.3 is 19.7 Å². The van der Waals surface area contributed by atoms with Crippen LogP contribution in [0.1, 0.15) is 60.8 Å². The predicted octanol–water partition coefficient (Wildman–Crippen LogP) is 3.93. The van der Waals surface area contributed by atoms with Gasteiger partial charge >= 0.3 is 0 Å². The average molecular weight is 516 g/mol. The molecule has 2 aliphatic rings. The number of aryl methyl sites for hydroxylation is 1. The smallest absolute Gasteiger partial charge is 0.269 e. The fraction of sp³-hybridized carbons (Fsp3) is 0.630. The maximum absolute atomic E-state index is 12.8. The van der Waals surface area contributed by atoms with Gasteiger partial charge in [-0.05, 0) is 37.3 Å². The highest BCUT2D eigenvalue weighted by Gasteiger charge is 2.28. The monoisotopic (exact) mass is 515 g/mol. The third-order valence-corrected chi connectivity index (χ3v) is 8.17. The first kappa shape index (κ1) is 26.8. The predicted molar refractivity (Wildman–Crippen MR) is 145 cm³/mol. The third kappa shape index (κ3) is 7.40. The lowest BCUT2D eigenvalue weighted by Crippen LogP contribution is -2.44. The second kappa shape index (κ2) is 12.8. The summed E-state index contributed by atoms with van der Waals surface area (Å²) in [6.45, 7) is 11.1. The van der Waals surface area contributed by atoms with Crippen molar-refractivity contribution < 1.29 is 14.3 Å². The Morgan fingerprint density at radius 2 is 2.00 bits per heavy atom. The van der Waals surface area contributed by atoms with Crippen LogP contribution in [0, 0.1) is 5.92 Å². The first-order valence-corrected chi connectivity index (χ1v) is 14.1. The minimum Gasteiger partial charge on any atom is -0.493 e. The molecule has 8 nitrogen and oxygen atoms in total. The number of nitrogens with zero attached hydrogens (tertiary/aromatic N) is 4. The van der Waals surface area contributed by atoms with Crippen molar-refractivity contribution in [2.45, 2.75) is 45.6 Å².